The number of nitrogens with zero attached hydrogens (tertiary/aromatic N) is 1. The van der Waals surface area contributed by atoms with Crippen molar-refractivity contribution in [1.82, 2.24) is 4.31 Å². The van der Waals surface area contributed by atoms with Crippen molar-refractivity contribution in [3.63, 3.8) is 0 Å². The molecule has 0 amide bonds. The van der Waals surface area contributed by atoms with Crippen LogP contribution in [0.2, 0.25) is 0 Å². The Kier molecular flexibility index (Phi) is 5.70. The molecule has 0 atom stereocenters. The van der Waals surface area contributed by atoms with Gasteiger partial charge >= 0.3 is 0 Å². The maximum atomic E-state index is 12.4. The highest BCUT2D eigenvalue weighted by atomic mass is 32.2. The molecule has 0 unspecified atom stereocenters. The summed E-state index contributed by atoms with van der Waals surface area (Å²) in [6.45, 7) is -1.34. The monoisotopic (exact) mass is 338 g/mol. The van der Waals surface area contributed by atoms with E-state index < -0.39 is 33.1 Å². The molecule has 0 fully saturated rings. The topological polar surface area (TPSA) is 138 Å². The average molecular weight is 338 g/mol. The third kappa shape index (κ3) is 4.14. The summed E-state index contributed by atoms with van der Waals surface area (Å²) in [7, 11) is -7.70. The molecule has 1 aromatic carbocycles. The van der Waals surface area contributed by atoms with Gasteiger partial charge in [-0.2, -0.15) is 4.31 Å². The fourth-order valence-corrected chi connectivity index (χ4v) is 3.97. The Balaban J connectivity index is 3.42. The van der Waals surface area contributed by atoms with Crippen LogP contribution in [0, 0.1) is 0 Å². The Morgan fingerprint density at radius 1 is 1.10 bits per heavy atom. The molecule has 0 aliphatic rings. The van der Waals surface area contributed by atoms with Gasteiger partial charge in [-0.3, -0.25) is 0 Å². The third-order valence-corrected chi connectivity index (χ3v) is 5.79. The molecule has 0 heterocycles. The van der Waals surface area contributed by atoms with Crippen molar-refractivity contribution in [3.8, 4) is 0 Å². The van der Waals surface area contributed by atoms with Crippen LogP contribution < -0.4 is 5.73 Å². The second kappa shape index (κ2) is 6.71. The van der Waals surface area contributed by atoms with Crippen molar-refractivity contribution >= 4 is 25.5 Å². The molecule has 1 rings (SSSR count). The van der Waals surface area contributed by atoms with E-state index in [9.17, 15) is 16.8 Å². The number of aliphatic hydroxyl groups is 2. The van der Waals surface area contributed by atoms with Crippen molar-refractivity contribution in [2.75, 3.05) is 38.3 Å². The van der Waals surface area contributed by atoms with Gasteiger partial charge in [0.2, 0.25) is 10.0 Å². The minimum absolute atomic E-state index is 0.108. The summed E-state index contributed by atoms with van der Waals surface area (Å²) < 4.78 is 48.8. The summed E-state index contributed by atoms with van der Waals surface area (Å²) in [5, 5.41) is 17.8. The summed E-state index contributed by atoms with van der Waals surface area (Å²) in [5.74, 6) is 0. The SMILES string of the molecule is CS(=O)(=O)c1ccc(N)c(S(=O)(=O)N(CCO)CCO)c1. The molecule has 0 spiro atoms. The third-order valence-electron chi connectivity index (χ3n) is 2.73. The molecule has 1 aromatic rings. The standard InChI is InChI=1S/C11H18N2O6S2/c1-20(16,17)9-2-3-10(12)11(8-9)21(18,19)13(4-6-14)5-7-15/h2-3,8,14-15H,4-7,12H2,1H3. The van der Waals surface area contributed by atoms with E-state index in [0.29, 0.717) is 0 Å². The number of benzene rings is 1. The average Bonchev–Trinajstić information content (AvgIpc) is 2.37. The van der Waals surface area contributed by atoms with E-state index in [2.05, 4.69) is 0 Å². The number of hydrogen-bond acceptors (Lipinski definition) is 7. The van der Waals surface area contributed by atoms with Crippen molar-refractivity contribution in [2.24, 2.45) is 0 Å². The predicted molar refractivity (Wildman–Crippen MR) is 76.9 cm³/mol. The zero-order chi connectivity index (χ0) is 16.3. The van der Waals surface area contributed by atoms with Gasteiger partial charge in [-0.1, -0.05) is 0 Å². The highest BCUT2D eigenvalue weighted by Gasteiger charge is 2.27. The summed E-state index contributed by atoms with van der Waals surface area (Å²) in [6.07, 6.45) is 0.953. The van der Waals surface area contributed by atoms with Crippen LogP contribution in [0.1, 0.15) is 0 Å². The molecule has 0 aliphatic heterocycles. The summed E-state index contributed by atoms with van der Waals surface area (Å²) in [4.78, 5) is -0.546. The van der Waals surface area contributed by atoms with Crippen LogP contribution in [0.3, 0.4) is 0 Å². The van der Waals surface area contributed by atoms with E-state index in [0.717, 1.165) is 16.6 Å². The first-order valence-corrected chi connectivity index (χ1v) is 9.29. The maximum Gasteiger partial charge on any atom is 0.245 e. The zero-order valence-electron chi connectivity index (χ0n) is 11.4. The molecule has 0 radical (unpaired) electrons. The fraction of sp³-hybridized carbons (Fsp3) is 0.455. The summed E-state index contributed by atoms with van der Waals surface area (Å²) in [5.41, 5.74) is 5.52. The number of sulfonamides is 1. The molecule has 0 bridgehead atoms. The van der Waals surface area contributed by atoms with Gasteiger partial charge in [0.15, 0.2) is 9.84 Å². The maximum absolute atomic E-state index is 12.4. The lowest BCUT2D eigenvalue weighted by atomic mass is 10.3. The van der Waals surface area contributed by atoms with E-state index in [1.165, 1.54) is 12.1 Å². The van der Waals surface area contributed by atoms with Gasteiger partial charge in [0, 0.05) is 19.3 Å². The quantitative estimate of drug-likeness (QED) is 0.522. The van der Waals surface area contributed by atoms with Crippen LogP contribution in [0.25, 0.3) is 0 Å². The lowest BCUT2D eigenvalue weighted by Gasteiger charge is -2.21. The van der Waals surface area contributed by atoms with Crippen LogP contribution in [0.15, 0.2) is 28.0 Å². The largest absolute Gasteiger partial charge is 0.398 e. The van der Waals surface area contributed by atoms with Crippen molar-refractivity contribution < 1.29 is 27.0 Å². The number of nitrogens with two attached hydrogens (primary N) is 1. The van der Waals surface area contributed by atoms with E-state index in [1.54, 1.807) is 0 Å². The molecule has 120 valence electrons. The second-order valence-electron chi connectivity index (χ2n) is 4.32. The Morgan fingerprint density at radius 2 is 1.62 bits per heavy atom. The molecule has 0 aliphatic carbocycles. The van der Waals surface area contributed by atoms with Crippen molar-refractivity contribution in [1.29, 1.82) is 0 Å². The molecule has 10 heteroatoms. The number of rotatable bonds is 7. The van der Waals surface area contributed by atoms with Gasteiger partial charge in [-0.15, -0.1) is 0 Å². The van der Waals surface area contributed by atoms with Crippen LogP contribution >= 0.6 is 0 Å². The van der Waals surface area contributed by atoms with Crippen LogP contribution in [-0.4, -0.2) is 63.9 Å². The minimum atomic E-state index is -4.11. The van der Waals surface area contributed by atoms with Gasteiger partial charge in [0.1, 0.15) is 4.90 Å². The first kappa shape index (κ1) is 17.9. The normalized spacial score (nSPS) is 12.8. The number of sulfone groups is 1. The smallest absolute Gasteiger partial charge is 0.245 e. The van der Waals surface area contributed by atoms with Gasteiger partial charge in [0.05, 0.1) is 23.8 Å². The van der Waals surface area contributed by atoms with Gasteiger partial charge in [-0.25, -0.2) is 16.8 Å². The minimum Gasteiger partial charge on any atom is -0.398 e. The van der Waals surface area contributed by atoms with Gasteiger partial charge in [0.25, 0.3) is 0 Å². The highest BCUT2D eigenvalue weighted by molar-refractivity contribution is 7.91. The number of hydrogen-bond donors (Lipinski definition) is 3. The van der Waals surface area contributed by atoms with E-state index in [4.69, 9.17) is 15.9 Å². The van der Waals surface area contributed by atoms with Crippen LogP contribution in [0.4, 0.5) is 5.69 Å². The van der Waals surface area contributed by atoms with E-state index in [1.807, 2.05) is 0 Å². The predicted octanol–water partition coefficient (Wildman–Crippen LogP) is -1.35. The highest BCUT2D eigenvalue weighted by Crippen LogP contribution is 2.25. The number of anilines is 1. The fourth-order valence-electron chi connectivity index (χ4n) is 1.68. The van der Waals surface area contributed by atoms with Crippen LogP contribution in [0.5, 0.6) is 0 Å². The second-order valence-corrected chi connectivity index (χ2v) is 8.25. The van der Waals surface area contributed by atoms with Crippen molar-refractivity contribution in [3.05, 3.63) is 18.2 Å². The van der Waals surface area contributed by atoms with Gasteiger partial charge in [-0.05, 0) is 18.2 Å². The lowest BCUT2D eigenvalue weighted by Crippen LogP contribution is -2.36. The van der Waals surface area contributed by atoms with Gasteiger partial charge < -0.3 is 15.9 Å². The van der Waals surface area contributed by atoms with E-state index in [-0.39, 0.29) is 28.6 Å². The Labute approximate surface area is 123 Å². The lowest BCUT2D eigenvalue weighted by molar-refractivity contribution is 0.217. The van der Waals surface area contributed by atoms with Crippen molar-refractivity contribution in [2.45, 2.75) is 9.79 Å². The first-order chi connectivity index (χ1) is 9.64. The Hall–Kier alpha value is -1.20. The number of aliphatic hydroxyl groups excluding tert-OH is 2. The Bertz CT molecular complexity index is 693. The Morgan fingerprint density at radius 3 is 2.05 bits per heavy atom. The van der Waals surface area contributed by atoms with E-state index >= 15 is 0 Å². The molecule has 8 nitrogen and oxygen atoms in total. The molecule has 4 N–H and O–H groups in total. The molecule has 0 saturated carbocycles. The zero-order valence-corrected chi connectivity index (χ0v) is 13.1. The molecule has 0 saturated heterocycles. The molecular weight excluding hydrogens is 320 g/mol. The number of nitrogen functional groups attached to an aromatic ring is 1. The molecule has 21 heavy (non-hydrogen) atoms. The molecule has 0 aromatic heterocycles. The van der Waals surface area contributed by atoms with Crippen LogP contribution in [-0.2, 0) is 19.9 Å². The summed E-state index contributed by atoms with van der Waals surface area (Å²) in [6, 6.07) is 3.38. The molecular formula is C11H18N2O6S2. The first-order valence-electron chi connectivity index (χ1n) is 5.96. The summed E-state index contributed by atoms with van der Waals surface area (Å²) >= 11 is 0.